The Labute approximate surface area is 118 Å². The van der Waals surface area contributed by atoms with Gasteiger partial charge in [0.2, 0.25) is 0 Å². The third-order valence-electron chi connectivity index (χ3n) is 5.50. The second kappa shape index (κ2) is 7.08. The van der Waals surface area contributed by atoms with Crippen LogP contribution in [0.1, 0.15) is 65.7 Å². The molecule has 2 nitrogen and oxygen atoms in total. The molecule has 112 valence electrons. The molecule has 0 heterocycles. The Kier molecular flexibility index (Phi) is 5.70. The van der Waals surface area contributed by atoms with Gasteiger partial charge in [-0.3, -0.25) is 0 Å². The fraction of sp³-hybridized carbons (Fsp3) is 1.00. The Bertz CT molecular complexity index is 258. The van der Waals surface area contributed by atoms with E-state index < -0.39 is 0 Å². The molecule has 0 radical (unpaired) electrons. The van der Waals surface area contributed by atoms with Gasteiger partial charge in [-0.25, -0.2) is 0 Å². The molecule has 0 aliphatic heterocycles. The summed E-state index contributed by atoms with van der Waals surface area (Å²) in [6.45, 7) is 7.00. The lowest BCUT2D eigenvalue weighted by atomic mass is 9.66. The van der Waals surface area contributed by atoms with Crippen molar-refractivity contribution >= 4 is 0 Å². The highest BCUT2D eigenvalue weighted by Crippen LogP contribution is 2.43. The van der Waals surface area contributed by atoms with Gasteiger partial charge in [-0.2, -0.15) is 0 Å². The van der Waals surface area contributed by atoms with E-state index in [1.807, 2.05) is 6.92 Å². The quantitative estimate of drug-likeness (QED) is 0.834. The highest BCUT2D eigenvalue weighted by atomic mass is 16.5. The van der Waals surface area contributed by atoms with Gasteiger partial charge < -0.3 is 9.84 Å². The van der Waals surface area contributed by atoms with Crippen LogP contribution < -0.4 is 0 Å². The number of ether oxygens (including phenoxy) is 1. The van der Waals surface area contributed by atoms with Gasteiger partial charge >= 0.3 is 0 Å². The third kappa shape index (κ3) is 4.19. The van der Waals surface area contributed by atoms with Gasteiger partial charge in [-0.05, 0) is 69.1 Å². The zero-order chi connectivity index (χ0) is 13.8. The van der Waals surface area contributed by atoms with Crippen LogP contribution in [0.4, 0.5) is 0 Å². The number of aliphatic hydroxyl groups is 1. The monoisotopic (exact) mass is 268 g/mol. The van der Waals surface area contributed by atoms with Crippen LogP contribution in [-0.2, 0) is 4.74 Å². The van der Waals surface area contributed by atoms with E-state index in [-0.39, 0.29) is 12.7 Å². The van der Waals surface area contributed by atoms with E-state index in [9.17, 15) is 0 Å². The molecule has 2 aliphatic rings. The summed E-state index contributed by atoms with van der Waals surface area (Å²) < 4.78 is 5.87. The van der Waals surface area contributed by atoms with Gasteiger partial charge in [0.1, 0.15) is 0 Å². The summed E-state index contributed by atoms with van der Waals surface area (Å²) >= 11 is 0. The zero-order valence-corrected chi connectivity index (χ0v) is 13.0. The molecule has 0 amide bonds. The Hall–Kier alpha value is -0.0800. The van der Waals surface area contributed by atoms with Crippen LogP contribution in [0.3, 0.4) is 0 Å². The summed E-state index contributed by atoms with van der Waals surface area (Å²) in [5.74, 6) is 3.76. The molecule has 4 atom stereocenters. The lowest BCUT2D eigenvalue weighted by molar-refractivity contribution is -0.0562. The molecule has 0 aromatic heterocycles. The molecule has 2 fully saturated rings. The third-order valence-corrected chi connectivity index (χ3v) is 5.50. The van der Waals surface area contributed by atoms with Crippen molar-refractivity contribution in [1.29, 1.82) is 0 Å². The first-order valence-electron chi connectivity index (χ1n) is 8.36. The van der Waals surface area contributed by atoms with Gasteiger partial charge in [0, 0.05) is 0 Å². The van der Waals surface area contributed by atoms with E-state index in [0.29, 0.717) is 6.10 Å². The second-order valence-corrected chi connectivity index (χ2v) is 7.23. The summed E-state index contributed by atoms with van der Waals surface area (Å²) in [6, 6.07) is 0. The summed E-state index contributed by atoms with van der Waals surface area (Å²) in [7, 11) is 0. The molecule has 1 N–H and O–H groups in total. The van der Waals surface area contributed by atoms with E-state index in [0.717, 1.165) is 23.7 Å². The first-order valence-corrected chi connectivity index (χ1v) is 8.36. The number of hydrogen-bond acceptors (Lipinski definition) is 2. The fourth-order valence-corrected chi connectivity index (χ4v) is 4.41. The topological polar surface area (TPSA) is 29.5 Å². The van der Waals surface area contributed by atoms with Crippen LogP contribution >= 0.6 is 0 Å². The highest BCUT2D eigenvalue weighted by Gasteiger charge is 2.34. The van der Waals surface area contributed by atoms with Gasteiger partial charge in [-0.1, -0.05) is 20.3 Å². The minimum Gasteiger partial charge on any atom is -0.394 e. The van der Waals surface area contributed by atoms with Crippen molar-refractivity contribution in [2.24, 2.45) is 23.7 Å². The molecule has 0 saturated heterocycles. The molecule has 0 spiro atoms. The average molecular weight is 268 g/mol. The first kappa shape index (κ1) is 15.3. The van der Waals surface area contributed by atoms with Crippen molar-refractivity contribution in [3.8, 4) is 0 Å². The maximum atomic E-state index is 9.06. The van der Waals surface area contributed by atoms with Gasteiger partial charge in [0.15, 0.2) is 0 Å². The van der Waals surface area contributed by atoms with Crippen LogP contribution in [0.25, 0.3) is 0 Å². The van der Waals surface area contributed by atoms with E-state index in [4.69, 9.17) is 9.84 Å². The Morgan fingerprint density at radius 3 is 2.32 bits per heavy atom. The standard InChI is InChI=1S/C17H32O2/c1-12-4-9-17(13(2)10-12)15-5-7-16(8-6-15)19-14(3)11-18/h12-18H,4-11H2,1-3H3. The van der Waals surface area contributed by atoms with Crippen molar-refractivity contribution in [3.05, 3.63) is 0 Å². The molecule has 19 heavy (non-hydrogen) atoms. The minimum atomic E-state index is 0.0102. The summed E-state index contributed by atoms with van der Waals surface area (Å²) in [5, 5.41) is 9.06. The maximum absolute atomic E-state index is 9.06. The Morgan fingerprint density at radius 2 is 1.74 bits per heavy atom. The molecule has 2 saturated carbocycles. The van der Waals surface area contributed by atoms with E-state index in [1.165, 1.54) is 44.9 Å². The molecular weight excluding hydrogens is 236 g/mol. The van der Waals surface area contributed by atoms with E-state index >= 15 is 0 Å². The number of rotatable bonds is 4. The smallest absolute Gasteiger partial charge is 0.0781 e. The lowest BCUT2D eigenvalue weighted by Gasteiger charge is -2.41. The molecule has 2 rings (SSSR count). The van der Waals surface area contributed by atoms with Crippen molar-refractivity contribution in [2.75, 3.05) is 6.61 Å². The number of aliphatic hydroxyl groups excluding tert-OH is 1. The number of hydrogen-bond donors (Lipinski definition) is 1. The summed E-state index contributed by atoms with van der Waals surface area (Å²) in [6.07, 6.45) is 9.81. The van der Waals surface area contributed by atoms with Crippen molar-refractivity contribution in [1.82, 2.24) is 0 Å². The molecular formula is C17H32O2. The largest absolute Gasteiger partial charge is 0.394 e. The normalized spacial score (nSPS) is 42.0. The molecule has 0 bridgehead atoms. The minimum absolute atomic E-state index is 0.0102. The highest BCUT2D eigenvalue weighted by molar-refractivity contribution is 4.84. The fourth-order valence-electron chi connectivity index (χ4n) is 4.41. The molecule has 2 aliphatic carbocycles. The van der Waals surface area contributed by atoms with Gasteiger partial charge in [0.05, 0.1) is 18.8 Å². The zero-order valence-electron chi connectivity index (χ0n) is 13.0. The first-order chi connectivity index (χ1) is 9.10. The summed E-state index contributed by atoms with van der Waals surface area (Å²) in [5.41, 5.74) is 0. The maximum Gasteiger partial charge on any atom is 0.0781 e. The van der Waals surface area contributed by atoms with Crippen LogP contribution in [0.2, 0.25) is 0 Å². The van der Waals surface area contributed by atoms with Crippen molar-refractivity contribution in [2.45, 2.75) is 77.9 Å². The van der Waals surface area contributed by atoms with Crippen LogP contribution in [0.15, 0.2) is 0 Å². The lowest BCUT2D eigenvalue weighted by Crippen LogP contribution is -2.33. The SMILES string of the molecule is CC1CCC(C2CCC(OC(C)CO)CC2)C(C)C1. The molecule has 0 aromatic rings. The van der Waals surface area contributed by atoms with Crippen molar-refractivity contribution < 1.29 is 9.84 Å². The predicted molar refractivity (Wildman–Crippen MR) is 79.0 cm³/mol. The second-order valence-electron chi connectivity index (χ2n) is 7.23. The average Bonchev–Trinajstić information content (AvgIpc) is 2.40. The molecule has 2 heteroatoms. The van der Waals surface area contributed by atoms with Crippen molar-refractivity contribution in [3.63, 3.8) is 0 Å². The van der Waals surface area contributed by atoms with E-state index in [2.05, 4.69) is 13.8 Å². The molecule has 0 aromatic carbocycles. The van der Waals surface area contributed by atoms with Gasteiger partial charge in [0.25, 0.3) is 0 Å². The van der Waals surface area contributed by atoms with Gasteiger partial charge in [-0.15, -0.1) is 0 Å². The Balaban J connectivity index is 1.76. The van der Waals surface area contributed by atoms with Crippen LogP contribution in [0.5, 0.6) is 0 Å². The van der Waals surface area contributed by atoms with Crippen LogP contribution in [-0.4, -0.2) is 23.9 Å². The van der Waals surface area contributed by atoms with Crippen LogP contribution in [0, 0.1) is 23.7 Å². The summed E-state index contributed by atoms with van der Waals surface area (Å²) in [4.78, 5) is 0. The Morgan fingerprint density at radius 1 is 1.05 bits per heavy atom. The van der Waals surface area contributed by atoms with E-state index in [1.54, 1.807) is 0 Å². The predicted octanol–water partition coefficient (Wildman–Crippen LogP) is 4.01. The molecule has 4 unspecified atom stereocenters.